The molecular formula is C14H28. The van der Waals surface area contributed by atoms with Crippen LogP contribution in [0.1, 0.15) is 54.0 Å². The van der Waals surface area contributed by atoms with E-state index in [0.29, 0.717) is 0 Å². The van der Waals surface area contributed by atoms with Gasteiger partial charge < -0.3 is 0 Å². The molecule has 0 bridgehead atoms. The number of hydrogen-bond acceptors (Lipinski definition) is 0. The van der Waals surface area contributed by atoms with Gasteiger partial charge >= 0.3 is 0 Å². The van der Waals surface area contributed by atoms with Crippen LogP contribution in [-0.4, -0.2) is 0 Å². The van der Waals surface area contributed by atoms with Crippen LogP contribution in [0.3, 0.4) is 0 Å². The Morgan fingerprint density at radius 1 is 0.857 bits per heavy atom. The third-order valence-corrected chi connectivity index (χ3v) is 1.38. The molecule has 0 unspecified atom stereocenters. The van der Waals surface area contributed by atoms with Gasteiger partial charge in [-0.15, -0.1) is 0 Å². The van der Waals surface area contributed by atoms with Crippen molar-refractivity contribution >= 4 is 0 Å². The van der Waals surface area contributed by atoms with E-state index >= 15 is 0 Å². The largest absolute Gasteiger partial charge is 0.0776 e. The van der Waals surface area contributed by atoms with Gasteiger partial charge in [0.25, 0.3) is 0 Å². The Morgan fingerprint density at radius 2 is 1.29 bits per heavy atom. The van der Waals surface area contributed by atoms with Gasteiger partial charge in [-0.05, 0) is 12.0 Å². The van der Waals surface area contributed by atoms with E-state index < -0.39 is 0 Å². The smallest absolute Gasteiger partial charge is 0.0281 e. The Balaban J connectivity index is -0.000000216. The molecule has 0 aliphatic carbocycles. The Labute approximate surface area is 91.4 Å². The molecule has 0 radical (unpaired) electrons. The first-order valence-electron chi connectivity index (χ1n) is 5.47. The van der Waals surface area contributed by atoms with Crippen LogP contribution in [0.4, 0.5) is 0 Å². The molecule has 0 nitrogen and oxygen atoms in total. The number of rotatable bonds is 2. The number of hydrogen-bond donors (Lipinski definition) is 0. The lowest BCUT2D eigenvalue weighted by Gasteiger charge is -1.93. The third kappa shape index (κ3) is 11.2. The average Bonchev–Trinajstić information content (AvgIpc) is 2.26. The Hall–Kier alpha value is -0.780. The van der Waals surface area contributed by atoms with Crippen molar-refractivity contribution in [1.82, 2.24) is 0 Å². The molecule has 0 aliphatic heterocycles. The van der Waals surface area contributed by atoms with Crippen molar-refractivity contribution in [3.63, 3.8) is 0 Å². The molecule has 1 rings (SSSR count). The van der Waals surface area contributed by atoms with E-state index in [2.05, 4.69) is 37.3 Å². The van der Waals surface area contributed by atoms with Gasteiger partial charge in [0.2, 0.25) is 0 Å². The van der Waals surface area contributed by atoms with Crippen molar-refractivity contribution in [2.45, 2.75) is 54.9 Å². The number of aryl methyl sites for hydroxylation is 1. The maximum absolute atomic E-state index is 2.20. The van der Waals surface area contributed by atoms with E-state index in [4.69, 9.17) is 0 Å². The van der Waals surface area contributed by atoms with Crippen LogP contribution in [0.25, 0.3) is 0 Å². The molecule has 0 spiro atoms. The van der Waals surface area contributed by atoms with E-state index in [1.165, 1.54) is 18.4 Å². The molecule has 0 heterocycles. The fraction of sp³-hybridized carbons (Fsp3) is 0.571. The van der Waals surface area contributed by atoms with Crippen LogP contribution < -0.4 is 0 Å². The molecule has 0 heteroatoms. The van der Waals surface area contributed by atoms with Gasteiger partial charge in [-0.25, -0.2) is 0 Å². The summed E-state index contributed by atoms with van der Waals surface area (Å²) < 4.78 is 0. The van der Waals surface area contributed by atoms with Crippen molar-refractivity contribution in [2.75, 3.05) is 0 Å². The monoisotopic (exact) mass is 196 g/mol. The normalized spacial score (nSPS) is 6.93. The predicted molar refractivity (Wildman–Crippen MR) is 69.9 cm³/mol. The first kappa shape index (κ1) is 18.9. The van der Waals surface area contributed by atoms with Gasteiger partial charge in [0, 0.05) is 0 Å². The zero-order valence-corrected chi connectivity index (χ0v) is 9.80. The molecule has 84 valence electrons. The highest BCUT2D eigenvalue weighted by atomic mass is 13.9. The van der Waals surface area contributed by atoms with Gasteiger partial charge in [-0.1, -0.05) is 78.8 Å². The summed E-state index contributed by atoms with van der Waals surface area (Å²) >= 11 is 0. The lowest BCUT2D eigenvalue weighted by molar-refractivity contribution is 0.922. The SMILES string of the molecule is C.CC.CC.CCCc1ccccc1. The Bertz CT molecular complexity index is 153. The second kappa shape index (κ2) is 18.1. The van der Waals surface area contributed by atoms with Gasteiger partial charge in [0.05, 0.1) is 0 Å². The van der Waals surface area contributed by atoms with Crippen molar-refractivity contribution in [1.29, 1.82) is 0 Å². The van der Waals surface area contributed by atoms with Crippen LogP contribution in [0, 0.1) is 0 Å². The molecule has 0 fully saturated rings. The summed E-state index contributed by atoms with van der Waals surface area (Å²) in [6.07, 6.45) is 2.45. The first-order valence-corrected chi connectivity index (χ1v) is 5.47. The van der Waals surface area contributed by atoms with E-state index in [-0.39, 0.29) is 7.43 Å². The lowest BCUT2D eigenvalue weighted by Crippen LogP contribution is -1.78. The van der Waals surface area contributed by atoms with Crippen molar-refractivity contribution < 1.29 is 0 Å². The zero-order valence-electron chi connectivity index (χ0n) is 9.80. The van der Waals surface area contributed by atoms with Crippen LogP contribution >= 0.6 is 0 Å². The van der Waals surface area contributed by atoms with Gasteiger partial charge in [-0.2, -0.15) is 0 Å². The predicted octanol–water partition coefficient (Wildman–Crippen LogP) is 5.33. The number of benzene rings is 1. The van der Waals surface area contributed by atoms with Crippen LogP contribution in [0.2, 0.25) is 0 Å². The van der Waals surface area contributed by atoms with E-state index in [9.17, 15) is 0 Å². The van der Waals surface area contributed by atoms with Crippen LogP contribution in [0.15, 0.2) is 30.3 Å². The molecule has 1 aromatic carbocycles. The molecule has 0 amide bonds. The summed E-state index contributed by atoms with van der Waals surface area (Å²) in [5, 5.41) is 0. The Morgan fingerprint density at radius 3 is 1.64 bits per heavy atom. The molecule has 0 atom stereocenters. The fourth-order valence-electron chi connectivity index (χ4n) is 0.933. The maximum atomic E-state index is 2.20. The minimum atomic E-state index is 0. The highest BCUT2D eigenvalue weighted by Crippen LogP contribution is 2.00. The molecule has 14 heavy (non-hydrogen) atoms. The minimum Gasteiger partial charge on any atom is -0.0776 e. The summed E-state index contributed by atoms with van der Waals surface area (Å²) in [6, 6.07) is 10.6. The fourth-order valence-corrected chi connectivity index (χ4v) is 0.933. The van der Waals surface area contributed by atoms with Crippen molar-refractivity contribution in [2.24, 2.45) is 0 Å². The topological polar surface area (TPSA) is 0 Å². The summed E-state index contributed by atoms with van der Waals surface area (Å²) in [7, 11) is 0. The second-order valence-corrected chi connectivity index (χ2v) is 2.24. The lowest BCUT2D eigenvalue weighted by atomic mass is 10.1. The maximum Gasteiger partial charge on any atom is -0.0281 e. The molecule has 0 saturated carbocycles. The first-order chi connectivity index (χ1) is 6.43. The molecule has 0 aliphatic rings. The highest BCUT2D eigenvalue weighted by molar-refractivity contribution is 5.14. The molecule has 1 aromatic rings. The average molecular weight is 196 g/mol. The summed E-state index contributed by atoms with van der Waals surface area (Å²) in [5.41, 5.74) is 1.44. The quantitative estimate of drug-likeness (QED) is 0.600. The zero-order chi connectivity index (χ0) is 10.5. The second-order valence-electron chi connectivity index (χ2n) is 2.24. The van der Waals surface area contributed by atoms with Crippen LogP contribution in [0.5, 0.6) is 0 Å². The summed E-state index contributed by atoms with van der Waals surface area (Å²) in [5.74, 6) is 0. The van der Waals surface area contributed by atoms with Gasteiger partial charge in [0.15, 0.2) is 0 Å². The molecule has 0 saturated heterocycles. The third-order valence-electron chi connectivity index (χ3n) is 1.38. The molecule has 0 N–H and O–H groups in total. The standard InChI is InChI=1S/C9H12.2C2H6.CH4/c1-2-6-9-7-4-3-5-8-9;2*1-2;/h3-5,7-8H,2,6H2,1H3;2*1-2H3;1H4. The summed E-state index contributed by atoms with van der Waals surface area (Å²) in [4.78, 5) is 0. The Kier molecular flexibility index (Phi) is 24.4. The molecular weight excluding hydrogens is 168 g/mol. The minimum absolute atomic E-state index is 0. The molecule has 0 aromatic heterocycles. The van der Waals surface area contributed by atoms with Crippen molar-refractivity contribution in [3.8, 4) is 0 Å². The van der Waals surface area contributed by atoms with Gasteiger partial charge in [0.1, 0.15) is 0 Å². The van der Waals surface area contributed by atoms with E-state index in [1.54, 1.807) is 0 Å². The van der Waals surface area contributed by atoms with Gasteiger partial charge in [-0.3, -0.25) is 0 Å². The van der Waals surface area contributed by atoms with Crippen molar-refractivity contribution in [3.05, 3.63) is 35.9 Å². The highest BCUT2D eigenvalue weighted by Gasteiger charge is 1.84. The van der Waals surface area contributed by atoms with Crippen LogP contribution in [-0.2, 0) is 6.42 Å². The van der Waals surface area contributed by atoms with E-state index in [1.807, 2.05) is 27.7 Å². The summed E-state index contributed by atoms with van der Waals surface area (Å²) in [6.45, 7) is 10.2. The van der Waals surface area contributed by atoms with E-state index in [0.717, 1.165) is 0 Å².